The van der Waals surface area contributed by atoms with Gasteiger partial charge in [0, 0.05) is 29.9 Å². The maximum atomic E-state index is 12.1. The molecule has 2 heterocycles. The van der Waals surface area contributed by atoms with Gasteiger partial charge in [-0.05, 0) is 31.2 Å². The highest BCUT2D eigenvalue weighted by molar-refractivity contribution is 7.09. The zero-order valence-corrected chi connectivity index (χ0v) is 16.5. The van der Waals surface area contributed by atoms with Crippen LogP contribution in [0.2, 0.25) is 5.02 Å². The fourth-order valence-corrected chi connectivity index (χ4v) is 3.28. The molecule has 0 atom stereocenters. The van der Waals surface area contributed by atoms with Gasteiger partial charge in [0.25, 0.3) is 0 Å². The van der Waals surface area contributed by atoms with Gasteiger partial charge in [-0.25, -0.2) is 4.98 Å². The number of carbonyl (C=O) groups is 1. The van der Waals surface area contributed by atoms with Crippen LogP contribution < -0.4 is 10.1 Å². The molecule has 1 N–H and O–H groups in total. The van der Waals surface area contributed by atoms with Crippen molar-refractivity contribution in [1.82, 2.24) is 25.1 Å². The molecule has 27 heavy (non-hydrogen) atoms. The molecule has 7 nitrogen and oxygen atoms in total. The molecular weight excluding hydrogens is 386 g/mol. The van der Waals surface area contributed by atoms with Crippen LogP contribution in [0.5, 0.6) is 5.75 Å². The minimum atomic E-state index is -0.0620. The van der Waals surface area contributed by atoms with Crippen molar-refractivity contribution in [2.75, 3.05) is 6.54 Å². The number of halogens is 1. The van der Waals surface area contributed by atoms with Crippen molar-refractivity contribution >= 4 is 28.8 Å². The summed E-state index contributed by atoms with van der Waals surface area (Å²) in [4.78, 5) is 16.5. The second-order valence-electron chi connectivity index (χ2n) is 5.79. The summed E-state index contributed by atoms with van der Waals surface area (Å²) < 4.78 is 7.62. The first-order valence-corrected chi connectivity index (χ1v) is 9.85. The van der Waals surface area contributed by atoms with Crippen molar-refractivity contribution in [2.45, 2.75) is 32.9 Å². The molecule has 0 aliphatic heterocycles. The molecular formula is C18H20ClN5O2S. The van der Waals surface area contributed by atoms with E-state index in [2.05, 4.69) is 20.5 Å². The number of nitrogens with zero attached hydrogens (tertiary/aromatic N) is 4. The summed E-state index contributed by atoms with van der Waals surface area (Å²) in [7, 11) is 0. The van der Waals surface area contributed by atoms with Gasteiger partial charge in [-0.3, -0.25) is 4.79 Å². The predicted molar refractivity (Wildman–Crippen MR) is 104 cm³/mol. The molecule has 0 spiro atoms. The number of hydrogen-bond donors (Lipinski definition) is 1. The van der Waals surface area contributed by atoms with E-state index in [-0.39, 0.29) is 12.3 Å². The lowest BCUT2D eigenvalue weighted by atomic mass is 10.3. The molecule has 0 fully saturated rings. The van der Waals surface area contributed by atoms with Gasteiger partial charge in [-0.1, -0.05) is 11.6 Å². The molecule has 9 heteroatoms. The van der Waals surface area contributed by atoms with Crippen LogP contribution in [-0.4, -0.2) is 32.2 Å². The number of nitrogens with one attached hydrogen (secondary N) is 1. The van der Waals surface area contributed by atoms with Crippen LogP contribution in [0.15, 0.2) is 36.0 Å². The first-order valence-electron chi connectivity index (χ1n) is 8.59. The highest BCUT2D eigenvalue weighted by atomic mass is 35.5. The molecule has 2 aromatic heterocycles. The van der Waals surface area contributed by atoms with E-state index in [9.17, 15) is 4.79 Å². The van der Waals surface area contributed by atoms with Crippen LogP contribution in [0.25, 0.3) is 0 Å². The normalized spacial score (nSPS) is 10.7. The van der Waals surface area contributed by atoms with E-state index >= 15 is 0 Å². The lowest BCUT2D eigenvalue weighted by Crippen LogP contribution is -2.28. The zero-order valence-electron chi connectivity index (χ0n) is 14.9. The van der Waals surface area contributed by atoms with Crippen molar-refractivity contribution in [2.24, 2.45) is 0 Å². The van der Waals surface area contributed by atoms with Crippen LogP contribution in [0.1, 0.15) is 23.4 Å². The van der Waals surface area contributed by atoms with E-state index in [1.165, 1.54) is 11.3 Å². The van der Waals surface area contributed by atoms with E-state index in [1.54, 1.807) is 18.5 Å². The topological polar surface area (TPSA) is 81.9 Å². The van der Waals surface area contributed by atoms with Crippen LogP contribution in [0.3, 0.4) is 0 Å². The Morgan fingerprint density at radius 3 is 2.93 bits per heavy atom. The smallest absolute Gasteiger partial charge is 0.226 e. The SMILES string of the molecule is CCn1cnnc1CCNC(=O)Cc1csc(COc2ccc(Cl)cc2)n1. The average Bonchev–Trinajstić information content (AvgIpc) is 3.30. The molecule has 1 amide bonds. The minimum Gasteiger partial charge on any atom is -0.486 e. The Hall–Kier alpha value is -2.45. The number of rotatable bonds is 9. The van der Waals surface area contributed by atoms with E-state index in [1.807, 2.05) is 29.0 Å². The summed E-state index contributed by atoms with van der Waals surface area (Å²) >= 11 is 7.33. The molecule has 0 saturated heterocycles. The molecule has 0 radical (unpaired) electrons. The summed E-state index contributed by atoms with van der Waals surface area (Å²) in [5.74, 6) is 1.54. The molecule has 142 valence electrons. The van der Waals surface area contributed by atoms with Gasteiger partial charge in [0.15, 0.2) is 0 Å². The van der Waals surface area contributed by atoms with E-state index < -0.39 is 0 Å². The lowest BCUT2D eigenvalue weighted by molar-refractivity contribution is -0.120. The van der Waals surface area contributed by atoms with E-state index in [0.717, 1.165) is 28.8 Å². The number of benzene rings is 1. The summed E-state index contributed by atoms with van der Waals surface area (Å²) in [6.45, 7) is 3.73. The van der Waals surface area contributed by atoms with Crippen molar-refractivity contribution in [3.05, 3.63) is 57.5 Å². The number of amides is 1. The van der Waals surface area contributed by atoms with Crippen LogP contribution in [0, 0.1) is 0 Å². The van der Waals surface area contributed by atoms with Crippen LogP contribution >= 0.6 is 22.9 Å². The van der Waals surface area contributed by atoms with Gasteiger partial charge in [0.1, 0.15) is 29.5 Å². The Kier molecular flexibility index (Phi) is 6.78. The summed E-state index contributed by atoms with van der Waals surface area (Å²) in [5, 5.41) is 14.2. The quantitative estimate of drug-likeness (QED) is 0.592. The van der Waals surface area contributed by atoms with Crippen LogP contribution in [0.4, 0.5) is 0 Å². The Balaban J connectivity index is 1.41. The van der Waals surface area contributed by atoms with Gasteiger partial charge in [0.2, 0.25) is 5.91 Å². The summed E-state index contributed by atoms with van der Waals surface area (Å²) in [6.07, 6.45) is 2.59. The first-order chi connectivity index (χ1) is 13.1. The number of hydrogen-bond acceptors (Lipinski definition) is 6. The number of aromatic nitrogens is 4. The van der Waals surface area contributed by atoms with Crippen molar-refractivity contribution in [3.8, 4) is 5.75 Å². The average molecular weight is 406 g/mol. The predicted octanol–water partition coefficient (Wildman–Crippen LogP) is 2.89. The fourth-order valence-electron chi connectivity index (χ4n) is 2.45. The Morgan fingerprint density at radius 1 is 1.33 bits per heavy atom. The highest BCUT2D eigenvalue weighted by Crippen LogP contribution is 2.18. The molecule has 3 rings (SSSR count). The molecule has 3 aromatic rings. The van der Waals surface area contributed by atoms with Crippen molar-refractivity contribution in [3.63, 3.8) is 0 Å². The third-order valence-corrected chi connectivity index (χ3v) is 4.95. The second-order valence-corrected chi connectivity index (χ2v) is 7.16. The maximum Gasteiger partial charge on any atom is 0.226 e. The van der Waals surface area contributed by atoms with Gasteiger partial charge in [-0.2, -0.15) is 0 Å². The summed E-state index contributed by atoms with van der Waals surface area (Å²) in [5.41, 5.74) is 0.740. The first kappa shape index (κ1) is 19.3. The van der Waals surface area contributed by atoms with E-state index in [4.69, 9.17) is 16.3 Å². The van der Waals surface area contributed by atoms with Crippen molar-refractivity contribution < 1.29 is 9.53 Å². The lowest BCUT2D eigenvalue weighted by Gasteiger charge is -2.05. The summed E-state index contributed by atoms with van der Waals surface area (Å²) in [6, 6.07) is 7.17. The Bertz CT molecular complexity index is 878. The Morgan fingerprint density at radius 2 is 2.15 bits per heavy atom. The third kappa shape index (κ3) is 5.77. The van der Waals surface area contributed by atoms with Crippen molar-refractivity contribution in [1.29, 1.82) is 0 Å². The zero-order chi connectivity index (χ0) is 19.1. The van der Waals surface area contributed by atoms with Crippen LogP contribution in [-0.2, 0) is 30.8 Å². The van der Waals surface area contributed by atoms with Gasteiger partial charge in [-0.15, -0.1) is 21.5 Å². The minimum absolute atomic E-state index is 0.0620. The number of aryl methyl sites for hydroxylation is 1. The largest absolute Gasteiger partial charge is 0.486 e. The van der Waals surface area contributed by atoms with Gasteiger partial charge < -0.3 is 14.6 Å². The molecule has 0 aliphatic carbocycles. The molecule has 1 aromatic carbocycles. The second kappa shape index (κ2) is 9.48. The standard InChI is InChI=1S/C18H20ClN5O2S/c1-2-24-12-21-23-16(24)7-8-20-17(25)9-14-11-27-18(22-14)10-26-15-5-3-13(19)4-6-15/h3-6,11-12H,2,7-10H2,1H3,(H,20,25). The number of ether oxygens (including phenoxy) is 1. The van der Waals surface area contributed by atoms with Gasteiger partial charge in [0.05, 0.1) is 12.1 Å². The highest BCUT2D eigenvalue weighted by Gasteiger charge is 2.09. The molecule has 0 aliphatic rings. The number of thiazole rings is 1. The maximum absolute atomic E-state index is 12.1. The Labute approximate surface area is 166 Å². The number of carbonyl (C=O) groups excluding carboxylic acids is 1. The third-order valence-electron chi connectivity index (χ3n) is 3.82. The monoisotopic (exact) mass is 405 g/mol. The fraction of sp³-hybridized carbons (Fsp3) is 0.333. The molecule has 0 unspecified atom stereocenters. The van der Waals surface area contributed by atoms with E-state index in [0.29, 0.717) is 24.6 Å². The van der Waals surface area contributed by atoms with Gasteiger partial charge >= 0.3 is 0 Å². The molecule has 0 saturated carbocycles. The molecule has 0 bridgehead atoms.